The normalized spacial score (nSPS) is 10.1. The van der Waals surface area contributed by atoms with Crippen molar-refractivity contribution in [1.82, 2.24) is 0 Å². The number of hydrogen-bond acceptors (Lipinski definition) is 6. The highest BCUT2D eigenvalue weighted by atomic mass is 16.6. The molecule has 0 unspecified atom stereocenters. The molecule has 0 amide bonds. The molecule has 0 atom stereocenters. The highest BCUT2D eigenvalue weighted by Gasteiger charge is 2.24. The van der Waals surface area contributed by atoms with E-state index in [0.717, 1.165) is 6.07 Å². The van der Waals surface area contributed by atoms with Crippen LogP contribution in [0.2, 0.25) is 0 Å². The van der Waals surface area contributed by atoms with Crippen LogP contribution in [0.5, 0.6) is 11.5 Å². The minimum Gasteiger partial charge on any atom is -0.493 e. The van der Waals surface area contributed by atoms with Crippen molar-refractivity contribution < 1.29 is 29.1 Å². The number of aliphatic carboxylic acids is 1. The summed E-state index contributed by atoms with van der Waals surface area (Å²) in [5.74, 6) is -1.50. The summed E-state index contributed by atoms with van der Waals surface area (Å²) in [6, 6.07) is 2.36. The third-order valence-electron chi connectivity index (χ3n) is 2.72. The molecule has 0 radical (unpaired) electrons. The number of carbonyl (C=O) groups excluding carboxylic acids is 1. The summed E-state index contributed by atoms with van der Waals surface area (Å²) < 4.78 is 10.5. The Labute approximate surface area is 126 Å². The molecule has 0 aliphatic carbocycles. The fourth-order valence-electron chi connectivity index (χ4n) is 1.81. The van der Waals surface area contributed by atoms with E-state index in [1.807, 2.05) is 0 Å². The number of hydrogen-bond donors (Lipinski definition) is 1. The van der Waals surface area contributed by atoms with E-state index in [-0.39, 0.29) is 48.8 Å². The smallest absolute Gasteiger partial charge is 0.311 e. The van der Waals surface area contributed by atoms with Crippen LogP contribution in [0.1, 0.15) is 37.0 Å². The zero-order valence-electron chi connectivity index (χ0n) is 12.3. The summed E-state index contributed by atoms with van der Waals surface area (Å²) in [5, 5.41) is 19.7. The van der Waals surface area contributed by atoms with E-state index in [0.29, 0.717) is 0 Å². The van der Waals surface area contributed by atoms with Crippen molar-refractivity contribution in [2.75, 3.05) is 13.2 Å². The molecular formula is C14H17NO7. The molecule has 1 N–H and O–H groups in total. The maximum Gasteiger partial charge on any atom is 0.311 e. The Morgan fingerprint density at radius 1 is 1.14 bits per heavy atom. The van der Waals surface area contributed by atoms with Crippen molar-refractivity contribution in [2.45, 2.75) is 26.7 Å². The number of ether oxygens (including phenoxy) is 2. The van der Waals surface area contributed by atoms with Gasteiger partial charge in [0.15, 0.2) is 5.78 Å². The van der Waals surface area contributed by atoms with Gasteiger partial charge in [-0.15, -0.1) is 0 Å². The van der Waals surface area contributed by atoms with Gasteiger partial charge in [0.2, 0.25) is 5.75 Å². The van der Waals surface area contributed by atoms with Crippen LogP contribution in [0, 0.1) is 10.1 Å². The average Bonchev–Trinajstić information content (AvgIpc) is 2.45. The van der Waals surface area contributed by atoms with Gasteiger partial charge in [-0.3, -0.25) is 19.7 Å². The van der Waals surface area contributed by atoms with Crippen LogP contribution < -0.4 is 9.47 Å². The van der Waals surface area contributed by atoms with E-state index in [9.17, 15) is 19.7 Å². The molecule has 8 nitrogen and oxygen atoms in total. The number of carboxylic acid groups (broad SMARTS) is 1. The van der Waals surface area contributed by atoms with Gasteiger partial charge in [0, 0.05) is 18.6 Å². The minimum absolute atomic E-state index is 0.00531. The molecule has 1 aromatic rings. The van der Waals surface area contributed by atoms with Crippen LogP contribution in [0.15, 0.2) is 12.1 Å². The monoisotopic (exact) mass is 311 g/mol. The fraction of sp³-hybridized carbons (Fsp3) is 0.429. The highest BCUT2D eigenvalue weighted by Crippen LogP contribution is 2.35. The van der Waals surface area contributed by atoms with E-state index in [1.54, 1.807) is 13.8 Å². The number of benzene rings is 1. The lowest BCUT2D eigenvalue weighted by Crippen LogP contribution is -2.08. The molecule has 0 aliphatic heterocycles. The molecule has 0 fully saturated rings. The number of ketones is 1. The Morgan fingerprint density at radius 3 is 2.23 bits per heavy atom. The number of Topliss-reactive ketones (excluding diaryl/α,β-unsaturated/α-hetero) is 1. The predicted octanol–water partition coefficient (Wildman–Crippen LogP) is 2.44. The van der Waals surface area contributed by atoms with Gasteiger partial charge < -0.3 is 14.6 Å². The van der Waals surface area contributed by atoms with Crippen molar-refractivity contribution in [3.63, 3.8) is 0 Å². The molecule has 0 spiro atoms. The van der Waals surface area contributed by atoms with Gasteiger partial charge in [-0.1, -0.05) is 0 Å². The Kier molecular flexibility index (Phi) is 6.30. The fourth-order valence-corrected chi connectivity index (χ4v) is 1.81. The van der Waals surface area contributed by atoms with E-state index in [4.69, 9.17) is 14.6 Å². The molecule has 0 aliphatic rings. The van der Waals surface area contributed by atoms with Gasteiger partial charge in [0.05, 0.1) is 30.1 Å². The number of nitro groups is 1. The van der Waals surface area contributed by atoms with Gasteiger partial charge in [-0.25, -0.2) is 0 Å². The van der Waals surface area contributed by atoms with E-state index in [2.05, 4.69) is 0 Å². The lowest BCUT2D eigenvalue weighted by molar-refractivity contribution is -0.385. The Hall–Kier alpha value is -2.64. The third kappa shape index (κ3) is 4.44. The first kappa shape index (κ1) is 17.4. The van der Waals surface area contributed by atoms with Crippen LogP contribution in [-0.4, -0.2) is 35.0 Å². The molecule has 1 rings (SSSR count). The lowest BCUT2D eigenvalue weighted by Gasteiger charge is -2.12. The molecule has 0 saturated heterocycles. The number of carboxylic acids is 1. The minimum atomic E-state index is -1.12. The van der Waals surface area contributed by atoms with Crippen molar-refractivity contribution >= 4 is 17.4 Å². The van der Waals surface area contributed by atoms with Crippen LogP contribution >= 0.6 is 0 Å². The molecule has 120 valence electrons. The van der Waals surface area contributed by atoms with Gasteiger partial charge >= 0.3 is 11.7 Å². The second-order valence-electron chi connectivity index (χ2n) is 4.26. The topological polar surface area (TPSA) is 116 Å². The first-order chi connectivity index (χ1) is 10.4. The number of nitrogens with zero attached hydrogens (tertiary/aromatic N) is 1. The SMILES string of the molecule is CCOc1cc(OCC)c([N+](=O)[O-])cc1C(=O)CCC(=O)O. The predicted molar refractivity (Wildman–Crippen MR) is 76.6 cm³/mol. The average molecular weight is 311 g/mol. The summed E-state index contributed by atoms with van der Waals surface area (Å²) in [4.78, 5) is 33.1. The van der Waals surface area contributed by atoms with E-state index >= 15 is 0 Å². The molecule has 0 saturated carbocycles. The molecule has 0 aromatic heterocycles. The Morgan fingerprint density at radius 2 is 1.73 bits per heavy atom. The van der Waals surface area contributed by atoms with E-state index in [1.165, 1.54) is 6.07 Å². The quantitative estimate of drug-likeness (QED) is 0.423. The van der Waals surface area contributed by atoms with Crippen LogP contribution in [0.25, 0.3) is 0 Å². The molecule has 1 aromatic carbocycles. The van der Waals surface area contributed by atoms with Crippen molar-refractivity contribution in [3.05, 3.63) is 27.8 Å². The first-order valence-electron chi connectivity index (χ1n) is 6.73. The maximum atomic E-state index is 12.1. The number of nitro benzene ring substituents is 1. The maximum absolute atomic E-state index is 12.1. The highest BCUT2D eigenvalue weighted by molar-refractivity contribution is 6.00. The Balaban J connectivity index is 3.27. The second kappa shape index (κ2) is 7.96. The molecule has 8 heteroatoms. The van der Waals surface area contributed by atoms with Gasteiger partial charge in [-0.05, 0) is 13.8 Å². The summed E-state index contributed by atoms with van der Waals surface area (Å²) in [7, 11) is 0. The first-order valence-corrected chi connectivity index (χ1v) is 6.73. The van der Waals surface area contributed by atoms with Crippen LogP contribution in [0.3, 0.4) is 0 Å². The molecule has 0 heterocycles. The standard InChI is InChI=1S/C14H17NO7/c1-3-21-12-8-13(22-4-2)10(15(19)20)7-9(12)11(16)5-6-14(17)18/h7-8H,3-6H2,1-2H3,(H,17,18). The summed E-state index contributed by atoms with van der Waals surface area (Å²) in [6.07, 6.45) is -0.619. The zero-order chi connectivity index (χ0) is 16.7. The summed E-state index contributed by atoms with van der Waals surface area (Å²) in [6.45, 7) is 3.85. The molecular weight excluding hydrogens is 294 g/mol. The van der Waals surface area contributed by atoms with Crippen LogP contribution in [-0.2, 0) is 4.79 Å². The Bertz CT molecular complexity index is 583. The lowest BCUT2D eigenvalue weighted by atomic mass is 10.0. The van der Waals surface area contributed by atoms with Gasteiger partial charge in [-0.2, -0.15) is 0 Å². The number of rotatable bonds is 9. The van der Waals surface area contributed by atoms with Gasteiger partial charge in [0.1, 0.15) is 5.75 Å². The third-order valence-corrected chi connectivity index (χ3v) is 2.72. The van der Waals surface area contributed by atoms with E-state index < -0.39 is 16.7 Å². The zero-order valence-corrected chi connectivity index (χ0v) is 12.3. The van der Waals surface area contributed by atoms with Crippen molar-refractivity contribution in [3.8, 4) is 11.5 Å². The largest absolute Gasteiger partial charge is 0.493 e. The summed E-state index contributed by atoms with van der Waals surface area (Å²) in [5.41, 5.74) is -0.373. The molecule has 0 bridgehead atoms. The van der Waals surface area contributed by atoms with Crippen molar-refractivity contribution in [1.29, 1.82) is 0 Å². The second-order valence-corrected chi connectivity index (χ2v) is 4.26. The number of carbonyl (C=O) groups is 2. The summed E-state index contributed by atoms with van der Waals surface area (Å²) >= 11 is 0. The molecule has 22 heavy (non-hydrogen) atoms. The van der Waals surface area contributed by atoms with Crippen LogP contribution in [0.4, 0.5) is 5.69 Å². The van der Waals surface area contributed by atoms with Gasteiger partial charge in [0.25, 0.3) is 0 Å². The van der Waals surface area contributed by atoms with Crippen molar-refractivity contribution in [2.24, 2.45) is 0 Å².